The van der Waals surface area contributed by atoms with Gasteiger partial charge in [0.25, 0.3) is 0 Å². The summed E-state index contributed by atoms with van der Waals surface area (Å²) in [7, 11) is 1.57. The molecule has 3 nitrogen and oxygen atoms in total. The number of hydrogen-bond donors (Lipinski definition) is 2. The van der Waals surface area contributed by atoms with Gasteiger partial charge in [0, 0.05) is 16.0 Å². The molecule has 0 heterocycles. The van der Waals surface area contributed by atoms with Crippen molar-refractivity contribution in [2.75, 3.05) is 12.4 Å². The fourth-order valence-electron chi connectivity index (χ4n) is 0.776. The third-order valence-electron chi connectivity index (χ3n) is 1.41. The third kappa shape index (κ3) is 3.00. The fourth-order valence-corrected chi connectivity index (χ4v) is 1.92. The van der Waals surface area contributed by atoms with Gasteiger partial charge in [-0.25, -0.2) is 4.79 Å². The molecule has 0 aliphatic heterocycles. The highest BCUT2D eigenvalue weighted by Crippen LogP contribution is 2.25. The number of benzene rings is 1. The summed E-state index contributed by atoms with van der Waals surface area (Å²) in [4.78, 5) is 11.0. The summed E-state index contributed by atoms with van der Waals surface area (Å²) in [6, 6.07) is 5.30. The van der Waals surface area contributed by atoms with E-state index in [4.69, 9.17) is 0 Å². The van der Waals surface area contributed by atoms with Gasteiger partial charge in [0.2, 0.25) is 0 Å². The Morgan fingerprint density at radius 3 is 2.62 bits per heavy atom. The Balaban J connectivity index is 2.83. The van der Waals surface area contributed by atoms with E-state index in [-0.39, 0.29) is 6.03 Å². The molecule has 13 heavy (non-hydrogen) atoms. The first-order valence-corrected chi connectivity index (χ1v) is 5.16. The molecule has 2 N–H and O–H groups in total. The molecule has 0 saturated carbocycles. The van der Waals surface area contributed by atoms with E-state index in [1.54, 1.807) is 7.05 Å². The van der Waals surface area contributed by atoms with E-state index in [9.17, 15) is 4.79 Å². The lowest BCUT2D eigenvalue weighted by Gasteiger charge is -2.06. The van der Waals surface area contributed by atoms with Crippen molar-refractivity contribution in [3.63, 3.8) is 0 Å². The van der Waals surface area contributed by atoms with Crippen molar-refractivity contribution in [2.45, 2.75) is 0 Å². The highest BCUT2D eigenvalue weighted by Gasteiger charge is 2.02. The van der Waals surface area contributed by atoms with Crippen LogP contribution in [0.3, 0.4) is 0 Å². The molecule has 70 valence electrons. The van der Waals surface area contributed by atoms with Crippen LogP contribution in [0.4, 0.5) is 10.5 Å². The van der Waals surface area contributed by atoms with Crippen LogP contribution in [0.25, 0.3) is 0 Å². The summed E-state index contributed by atoms with van der Waals surface area (Å²) in [5.41, 5.74) is 0.738. The number of hydrogen-bond acceptors (Lipinski definition) is 1. The highest BCUT2D eigenvalue weighted by atomic mass is 79.9. The molecule has 1 rings (SSSR count). The molecule has 2 amide bonds. The second-order valence-corrected chi connectivity index (χ2v) is 4.10. The predicted molar refractivity (Wildman–Crippen MR) is 59.9 cm³/mol. The first-order valence-electron chi connectivity index (χ1n) is 3.57. The molecule has 0 spiro atoms. The fraction of sp³-hybridized carbons (Fsp3) is 0.125. The Labute approximate surface area is 93.2 Å². The third-order valence-corrected chi connectivity index (χ3v) is 2.56. The number of carbonyl (C=O) groups excluding carboxylic acids is 1. The zero-order chi connectivity index (χ0) is 9.84. The Kier molecular flexibility index (Phi) is 3.74. The maximum Gasteiger partial charge on any atom is 0.319 e. The number of anilines is 1. The van der Waals surface area contributed by atoms with Crippen LogP contribution < -0.4 is 10.6 Å². The Morgan fingerprint density at radius 1 is 1.38 bits per heavy atom. The Morgan fingerprint density at radius 2 is 2.08 bits per heavy atom. The first-order chi connectivity index (χ1) is 6.13. The van der Waals surface area contributed by atoms with E-state index in [2.05, 4.69) is 42.5 Å². The van der Waals surface area contributed by atoms with Crippen molar-refractivity contribution >= 4 is 43.6 Å². The summed E-state index contributed by atoms with van der Waals surface area (Å²) in [5, 5.41) is 5.14. The van der Waals surface area contributed by atoms with Crippen LogP contribution >= 0.6 is 31.9 Å². The van der Waals surface area contributed by atoms with Gasteiger partial charge in [-0.05, 0) is 34.1 Å². The standard InChI is InChI=1S/C8H8Br2N2O/c1-11-8(13)12-7-3-2-5(9)4-6(7)10/h2-4H,1H3,(H2,11,12,13). The average Bonchev–Trinajstić information content (AvgIpc) is 2.09. The SMILES string of the molecule is CNC(=O)Nc1ccc(Br)cc1Br. The monoisotopic (exact) mass is 306 g/mol. The molecule has 1 aromatic rings. The molecule has 0 radical (unpaired) electrons. The molecule has 0 saturated heterocycles. The average molecular weight is 308 g/mol. The lowest BCUT2D eigenvalue weighted by molar-refractivity contribution is 0.254. The lowest BCUT2D eigenvalue weighted by Crippen LogP contribution is -2.24. The maximum absolute atomic E-state index is 11.0. The molecule has 0 aromatic heterocycles. The highest BCUT2D eigenvalue weighted by molar-refractivity contribution is 9.11. The smallest absolute Gasteiger partial charge is 0.319 e. The van der Waals surface area contributed by atoms with Gasteiger partial charge in [-0.1, -0.05) is 15.9 Å². The van der Waals surface area contributed by atoms with Gasteiger partial charge in [0.05, 0.1) is 5.69 Å². The van der Waals surface area contributed by atoms with E-state index in [1.165, 1.54) is 0 Å². The van der Waals surface area contributed by atoms with Crippen LogP contribution in [0.2, 0.25) is 0 Å². The van der Waals surface area contributed by atoms with Crippen molar-refractivity contribution in [3.8, 4) is 0 Å². The van der Waals surface area contributed by atoms with E-state index in [0.717, 1.165) is 14.6 Å². The van der Waals surface area contributed by atoms with E-state index >= 15 is 0 Å². The molecule has 1 aromatic carbocycles. The van der Waals surface area contributed by atoms with Gasteiger partial charge >= 0.3 is 6.03 Å². The summed E-state index contributed by atoms with van der Waals surface area (Å²) in [6.45, 7) is 0. The molecule has 0 aliphatic rings. The molecular weight excluding hydrogens is 300 g/mol. The minimum atomic E-state index is -0.233. The zero-order valence-corrected chi connectivity index (χ0v) is 10.1. The second-order valence-electron chi connectivity index (χ2n) is 2.33. The van der Waals surface area contributed by atoms with Crippen molar-refractivity contribution in [3.05, 3.63) is 27.1 Å². The summed E-state index contributed by atoms with van der Waals surface area (Å²) < 4.78 is 1.80. The Hall–Kier alpha value is -0.550. The number of halogens is 2. The van der Waals surface area contributed by atoms with Crippen LogP contribution in [0.15, 0.2) is 27.1 Å². The van der Waals surface area contributed by atoms with Crippen molar-refractivity contribution < 1.29 is 4.79 Å². The van der Waals surface area contributed by atoms with E-state index < -0.39 is 0 Å². The number of rotatable bonds is 1. The van der Waals surface area contributed by atoms with Crippen LogP contribution in [0, 0.1) is 0 Å². The van der Waals surface area contributed by atoms with Crippen molar-refractivity contribution in [1.29, 1.82) is 0 Å². The summed E-state index contributed by atoms with van der Waals surface area (Å²) in [5.74, 6) is 0. The van der Waals surface area contributed by atoms with Gasteiger partial charge in [-0.3, -0.25) is 0 Å². The number of urea groups is 1. The maximum atomic E-state index is 11.0. The molecule has 0 aliphatic carbocycles. The summed E-state index contributed by atoms with van der Waals surface area (Å²) in [6.07, 6.45) is 0. The minimum Gasteiger partial charge on any atom is -0.341 e. The van der Waals surface area contributed by atoms with Crippen LogP contribution in [-0.4, -0.2) is 13.1 Å². The molecule has 0 unspecified atom stereocenters. The quantitative estimate of drug-likeness (QED) is 0.823. The normalized spacial score (nSPS) is 9.46. The Bertz CT molecular complexity index is 328. The first kappa shape index (κ1) is 10.5. The van der Waals surface area contributed by atoms with Crippen LogP contribution in [-0.2, 0) is 0 Å². The van der Waals surface area contributed by atoms with E-state index in [0.29, 0.717) is 0 Å². The minimum absolute atomic E-state index is 0.233. The molecule has 5 heteroatoms. The molecule has 0 atom stereocenters. The molecule has 0 bridgehead atoms. The van der Waals surface area contributed by atoms with Gasteiger partial charge in [-0.15, -0.1) is 0 Å². The van der Waals surface area contributed by atoms with Gasteiger partial charge in [-0.2, -0.15) is 0 Å². The topological polar surface area (TPSA) is 41.1 Å². The van der Waals surface area contributed by atoms with Gasteiger partial charge in [0.1, 0.15) is 0 Å². The van der Waals surface area contributed by atoms with Gasteiger partial charge in [0.15, 0.2) is 0 Å². The van der Waals surface area contributed by atoms with Gasteiger partial charge < -0.3 is 10.6 Å². The zero-order valence-electron chi connectivity index (χ0n) is 6.90. The molecule has 0 fully saturated rings. The van der Waals surface area contributed by atoms with Crippen molar-refractivity contribution in [1.82, 2.24) is 5.32 Å². The predicted octanol–water partition coefficient (Wildman–Crippen LogP) is 2.96. The summed E-state index contributed by atoms with van der Waals surface area (Å²) >= 11 is 6.65. The van der Waals surface area contributed by atoms with Crippen LogP contribution in [0.1, 0.15) is 0 Å². The number of carbonyl (C=O) groups is 1. The van der Waals surface area contributed by atoms with Crippen LogP contribution in [0.5, 0.6) is 0 Å². The molecular formula is C8H8Br2N2O. The second kappa shape index (κ2) is 4.62. The largest absolute Gasteiger partial charge is 0.341 e. The number of amides is 2. The van der Waals surface area contributed by atoms with Crippen molar-refractivity contribution in [2.24, 2.45) is 0 Å². The number of nitrogens with one attached hydrogen (secondary N) is 2. The van der Waals surface area contributed by atoms with E-state index in [1.807, 2.05) is 18.2 Å². The lowest BCUT2D eigenvalue weighted by atomic mass is 10.3.